The number of aliphatic hydroxyl groups is 2. The molecule has 1 rings (SSSR count). The normalized spacial score (nSPS) is 33.6. The van der Waals surface area contributed by atoms with Gasteiger partial charge in [-0.2, -0.15) is 0 Å². The Bertz CT molecular complexity index is 245. The van der Waals surface area contributed by atoms with Crippen LogP contribution in [0.25, 0.3) is 0 Å². The van der Waals surface area contributed by atoms with E-state index in [1.54, 1.807) is 0 Å². The second-order valence-corrected chi connectivity index (χ2v) is 3.84. The molecule has 15 heavy (non-hydrogen) atoms. The SMILES string of the molecule is CC=CC(=CC)C1CC(O)CC(CO)O1. The highest BCUT2D eigenvalue weighted by Gasteiger charge is 2.28. The van der Waals surface area contributed by atoms with Crippen molar-refractivity contribution in [3.63, 3.8) is 0 Å². The Morgan fingerprint density at radius 1 is 1.40 bits per heavy atom. The minimum atomic E-state index is -0.374. The summed E-state index contributed by atoms with van der Waals surface area (Å²) in [5.74, 6) is 0. The van der Waals surface area contributed by atoms with Crippen LogP contribution in [0.3, 0.4) is 0 Å². The smallest absolute Gasteiger partial charge is 0.0851 e. The number of allylic oxidation sites excluding steroid dienone is 2. The van der Waals surface area contributed by atoms with Crippen LogP contribution in [0.4, 0.5) is 0 Å². The van der Waals surface area contributed by atoms with E-state index in [4.69, 9.17) is 9.84 Å². The molecule has 0 radical (unpaired) electrons. The second-order valence-electron chi connectivity index (χ2n) is 3.84. The molecule has 86 valence electrons. The molecule has 0 aromatic heterocycles. The molecule has 1 heterocycles. The number of ether oxygens (including phenoxy) is 1. The van der Waals surface area contributed by atoms with Gasteiger partial charge in [0.2, 0.25) is 0 Å². The molecule has 1 aliphatic heterocycles. The van der Waals surface area contributed by atoms with Crippen molar-refractivity contribution < 1.29 is 14.9 Å². The van der Waals surface area contributed by atoms with Crippen LogP contribution in [0.5, 0.6) is 0 Å². The van der Waals surface area contributed by atoms with E-state index in [1.165, 1.54) is 0 Å². The van der Waals surface area contributed by atoms with E-state index in [1.807, 2.05) is 32.1 Å². The zero-order valence-corrected chi connectivity index (χ0v) is 9.39. The summed E-state index contributed by atoms with van der Waals surface area (Å²) in [6, 6.07) is 0. The Kier molecular flexibility index (Phi) is 5.02. The van der Waals surface area contributed by atoms with E-state index >= 15 is 0 Å². The van der Waals surface area contributed by atoms with E-state index in [0.717, 1.165) is 5.57 Å². The number of rotatable bonds is 3. The molecular weight excluding hydrogens is 192 g/mol. The zero-order valence-electron chi connectivity index (χ0n) is 9.39. The van der Waals surface area contributed by atoms with Crippen LogP contribution in [0.15, 0.2) is 23.8 Å². The molecule has 1 fully saturated rings. The van der Waals surface area contributed by atoms with Crippen LogP contribution in [0.1, 0.15) is 26.7 Å². The van der Waals surface area contributed by atoms with E-state index in [-0.39, 0.29) is 24.9 Å². The van der Waals surface area contributed by atoms with Crippen molar-refractivity contribution in [2.45, 2.75) is 45.0 Å². The Balaban J connectivity index is 2.68. The third-order valence-electron chi connectivity index (χ3n) is 2.65. The number of aliphatic hydroxyl groups excluding tert-OH is 2. The molecule has 3 unspecified atom stereocenters. The van der Waals surface area contributed by atoms with Gasteiger partial charge in [-0.05, 0) is 19.4 Å². The van der Waals surface area contributed by atoms with Crippen molar-refractivity contribution in [1.29, 1.82) is 0 Å². The second kappa shape index (κ2) is 6.05. The van der Waals surface area contributed by atoms with Crippen LogP contribution < -0.4 is 0 Å². The number of hydrogen-bond acceptors (Lipinski definition) is 3. The molecule has 1 aliphatic rings. The fourth-order valence-corrected chi connectivity index (χ4v) is 1.90. The standard InChI is InChI=1S/C12H20O3/c1-3-5-9(4-2)12-7-10(14)6-11(8-13)15-12/h3-5,10-14H,6-8H2,1-2H3. The highest BCUT2D eigenvalue weighted by atomic mass is 16.5. The molecule has 2 N–H and O–H groups in total. The zero-order chi connectivity index (χ0) is 11.3. The first-order chi connectivity index (χ1) is 7.21. The predicted octanol–water partition coefficient (Wildman–Crippen LogP) is 1.41. The Labute approximate surface area is 91.1 Å². The average Bonchev–Trinajstić information content (AvgIpc) is 2.24. The first kappa shape index (κ1) is 12.4. The van der Waals surface area contributed by atoms with Crippen molar-refractivity contribution in [3.8, 4) is 0 Å². The monoisotopic (exact) mass is 212 g/mol. The molecule has 0 aromatic carbocycles. The van der Waals surface area contributed by atoms with Gasteiger partial charge in [-0.3, -0.25) is 0 Å². The highest BCUT2D eigenvalue weighted by molar-refractivity contribution is 5.23. The molecule has 0 amide bonds. The molecular formula is C12H20O3. The fraction of sp³-hybridized carbons (Fsp3) is 0.667. The van der Waals surface area contributed by atoms with Gasteiger partial charge < -0.3 is 14.9 Å². The van der Waals surface area contributed by atoms with Gasteiger partial charge in [0, 0.05) is 12.8 Å². The predicted molar refractivity (Wildman–Crippen MR) is 59.6 cm³/mol. The lowest BCUT2D eigenvalue weighted by Gasteiger charge is -2.33. The molecule has 1 saturated heterocycles. The van der Waals surface area contributed by atoms with E-state index in [2.05, 4.69) is 0 Å². The lowest BCUT2D eigenvalue weighted by atomic mass is 9.96. The van der Waals surface area contributed by atoms with Gasteiger partial charge in [-0.25, -0.2) is 0 Å². The number of hydrogen-bond donors (Lipinski definition) is 2. The maximum atomic E-state index is 9.65. The summed E-state index contributed by atoms with van der Waals surface area (Å²) in [6.45, 7) is 3.88. The van der Waals surface area contributed by atoms with E-state index in [9.17, 15) is 5.11 Å². The first-order valence-electron chi connectivity index (χ1n) is 5.44. The van der Waals surface area contributed by atoms with Crippen LogP contribution in [-0.2, 0) is 4.74 Å². The van der Waals surface area contributed by atoms with Crippen molar-refractivity contribution >= 4 is 0 Å². The summed E-state index contributed by atoms with van der Waals surface area (Å²) in [6.07, 6.45) is 6.36. The summed E-state index contributed by atoms with van der Waals surface area (Å²) in [5.41, 5.74) is 1.06. The van der Waals surface area contributed by atoms with Gasteiger partial charge in [0.05, 0.1) is 24.9 Å². The van der Waals surface area contributed by atoms with E-state index < -0.39 is 0 Å². The van der Waals surface area contributed by atoms with Gasteiger partial charge in [0.25, 0.3) is 0 Å². The van der Waals surface area contributed by atoms with Gasteiger partial charge in [-0.15, -0.1) is 0 Å². The molecule has 0 aromatic rings. The third-order valence-corrected chi connectivity index (χ3v) is 2.65. The van der Waals surface area contributed by atoms with E-state index in [0.29, 0.717) is 12.8 Å². The molecule has 0 spiro atoms. The quantitative estimate of drug-likeness (QED) is 0.695. The summed E-state index contributed by atoms with van der Waals surface area (Å²) >= 11 is 0. The van der Waals surface area contributed by atoms with Crippen molar-refractivity contribution in [2.24, 2.45) is 0 Å². The maximum absolute atomic E-state index is 9.65. The summed E-state index contributed by atoms with van der Waals surface area (Å²) < 4.78 is 5.68. The molecule has 3 nitrogen and oxygen atoms in total. The van der Waals surface area contributed by atoms with Crippen LogP contribution in [0, 0.1) is 0 Å². The average molecular weight is 212 g/mol. The minimum absolute atomic E-state index is 0.0274. The third kappa shape index (κ3) is 3.45. The Morgan fingerprint density at radius 3 is 2.67 bits per heavy atom. The Hall–Kier alpha value is -0.640. The lowest BCUT2D eigenvalue weighted by Crippen LogP contribution is -2.38. The maximum Gasteiger partial charge on any atom is 0.0851 e. The molecule has 0 bridgehead atoms. The van der Waals surface area contributed by atoms with Gasteiger partial charge in [-0.1, -0.05) is 18.2 Å². The largest absolute Gasteiger partial charge is 0.394 e. The van der Waals surface area contributed by atoms with Gasteiger partial charge in [0.15, 0.2) is 0 Å². The summed E-state index contributed by atoms with van der Waals surface area (Å²) in [4.78, 5) is 0. The molecule has 0 saturated carbocycles. The topological polar surface area (TPSA) is 49.7 Å². The lowest BCUT2D eigenvalue weighted by molar-refractivity contribution is -0.0964. The van der Waals surface area contributed by atoms with Gasteiger partial charge in [0.1, 0.15) is 0 Å². The minimum Gasteiger partial charge on any atom is -0.394 e. The van der Waals surface area contributed by atoms with Gasteiger partial charge >= 0.3 is 0 Å². The van der Waals surface area contributed by atoms with Crippen LogP contribution >= 0.6 is 0 Å². The molecule has 3 heteroatoms. The Morgan fingerprint density at radius 2 is 2.13 bits per heavy atom. The van der Waals surface area contributed by atoms with Crippen molar-refractivity contribution in [1.82, 2.24) is 0 Å². The van der Waals surface area contributed by atoms with Crippen molar-refractivity contribution in [3.05, 3.63) is 23.8 Å². The molecule has 3 atom stereocenters. The highest BCUT2D eigenvalue weighted by Crippen LogP contribution is 2.25. The first-order valence-corrected chi connectivity index (χ1v) is 5.44. The van der Waals surface area contributed by atoms with Crippen LogP contribution in [0.2, 0.25) is 0 Å². The summed E-state index contributed by atoms with van der Waals surface area (Å²) in [7, 11) is 0. The van der Waals surface area contributed by atoms with Crippen LogP contribution in [-0.4, -0.2) is 35.1 Å². The van der Waals surface area contributed by atoms with Crippen molar-refractivity contribution in [2.75, 3.05) is 6.61 Å². The summed E-state index contributed by atoms with van der Waals surface area (Å²) in [5, 5.41) is 18.7. The fourth-order valence-electron chi connectivity index (χ4n) is 1.90. The molecule has 0 aliphatic carbocycles.